The van der Waals surface area contributed by atoms with Gasteiger partial charge in [0.05, 0.1) is 36.7 Å². The fourth-order valence-corrected chi connectivity index (χ4v) is 10.7. The number of carbonyl (C=O) groups excluding carboxylic acids is 4. The van der Waals surface area contributed by atoms with Gasteiger partial charge in [-0.05, 0) is 74.9 Å². The largest absolute Gasteiger partial charge is 0.476 e. The first kappa shape index (κ1) is 83.3. The summed E-state index contributed by atoms with van der Waals surface area (Å²) in [5.74, 6) is -22.4. The minimum absolute atomic E-state index is 0. The molecule has 0 saturated carbocycles. The average molecular weight is 1520 g/mol. The number of nitrogens with zero attached hydrogens (tertiary/aromatic N) is 9. The molecule has 3 aliphatic heterocycles. The second-order valence-corrected chi connectivity index (χ2v) is 23.7. The molecule has 9 rings (SSSR count). The molecule has 3 aromatic carbocycles. The number of alkyl carbamates (subject to hydrolysis) is 1. The van der Waals surface area contributed by atoms with E-state index in [1.807, 2.05) is 0 Å². The zero-order valence-corrected chi connectivity index (χ0v) is 54.3. The van der Waals surface area contributed by atoms with Gasteiger partial charge in [0.15, 0.2) is 52.0 Å². The molecular formula is C59H58Cl2F18N12O11. The van der Waals surface area contributed by atoms with Crippen LogP contribution in [0.5, 0.6) is 0 Å². The molecule has 3 aliphatic rings. The number of alkyl halides is 9. The van der Waals surface area contributed by atoms with Crippen molar-refractivity contribution < 1.29 is 133 Å². The van der Waals surface area contributed by atoms with Crippen LogP contribution in [0.3, 0.4) is 0 Å². The van der Waals surface area contributed by atoms with Crippen molar-refractivity contribution in [1.82, 2.24) is 48.7 Å². The van der Waals surface area contributed by atoms with E-state index in [-0.39, 0.29) is 117 Å². The summed E-state index contributed by atoms with van der Waals surface area (Å²) in [5, 5.41) is 30.0. The highest BCUT2D eigenvalue weighted by Crippen LogP contribution is 2.36. The Morgan fingerprint density at radius 1 is 0.441 bits per heavy atom. The summed E-state index contributed by atoms with van der Waals surface area (Å²) >= 11 is 0. The Labute approximate surface area is 575 Å². The molecule has 6 aromatic rings. The molecule has 102 heavy (non-hydrogen) atoms. The normalized spacial score (nSPS) is 14.6. The fraction of sp³-hybridized carbons (Fsp3) is 0.424. The summed E-state index contributed by atoms with van der Waals surface area (Å²) in [7, 11) is 0. The Bertz CT molecular complexity index is 4000. The molecule has 0 fully saturated rings. The van der Waals surface area contributed by atoms with Gasteiger partial charge in [0.1, 0.15) is 23.1 Å². The number of imidazole rings is 3. The van der Waals surface area contributed by atoms with E-state index in [2.05, 4.69) is 20.3 Å². The van der Waals surface area contributed by atoms with E-state index < -0.39 is 210 Å². The van der Waals surface area contributed by atoms with Gasteiger partial charge < -0.3 is 65.2 Å². The number of fused-ring (bicyclic) bond motifs is 3. The maximum absolute atomic E-state index is 14.3. The van der Waals surface area contributed by atoms with Gasteiger partial charge in [-0.15, -0.1) is 24.8 Å². The predicted octanol–water partition coefficient (Wildman–Crippen LogP) is 9.37. The van der Waals surface area contributed by atoms with Crippen molar-refractivity contribution in [2.75, 3.05) is 19.6 Å². The summed E-state index contributed by atoms with van der Waals surface area (Å²) < 4.78 is 247. The van der Waals surface area contributed by atoms with E-state index in [0.29, 0.717) is 50.1 Å². The molecule has 0 bridgehead atoms. The number of carboxylic acids is 3. The molecule has 560 valence electrons. The van der Waals surface area contributed by atoms with Crippen LogP contribution in [0.2, 0.25) is 0 Å². The van der Waals surface area contributed by atoms with E-state index in [4.69, 9.17) is 26.4 Å². The Morgan fingerprint density at radius 2 is 0.706 bits per heavy atom. The standard InChI is InChI=1S/C23H24F6N4O5.2C18H16F6N4O3.2ClH/c1-22(2,3)38-21(37)30-12(6-11-7-14(25)15(26)9-13(11)24)8-17(34)32-4-5-33-16(10-32)18(19(35)36)31-20(33)23(27,28)29;2*19-10-6-12(21)11(20)4-8(10)3-9(25)5-14(29)27-1-2-28-13(7-27)15(16(30)31)26-17(28)18(22,23)24;;/h7,9,12H,4-6,8,10H2,1-3H3,(H,30,37)(H,35,36);2*4,6,9H,1-3,5,7,25H2,(H,30,31);2*1H/t12-;2*9-;;/m111../s1. The van der Waals surface area contributed by atoms with Gasteiger partial charge in [0, 0.05) is 94.9 Å². The first-order chi connectivity index (χ1) is 46.2. The third-order valence-electron chi connectivity index (χ3n) is 15.2. The minimum Gasteiger partial charge on any atom is -0.476 e. The zero-order valence-electron chi connectivity index (χ0n) is 52.7. The van der Waals surface area contributed by atoms with E-state index in [9.17, 15) is 118 Å². The quantitative estimate of drug-likeness (QED) is 0.0388. The monoisotopic (exact) mass is 1520 g/mol. The molecule has 43 heteroatoms. The molecule has 0 spiro atoms. The second kappa shape index (κ2) is 32.7. The fourth-order valence-electron chi connectivity index (χ4n) is 10.7. The minimum atomic E-state index is -4.93. The molecule has 6 heterocycles. The van der Waals surface area contributed by atoms with E-state index >= 15 is 0 Å². The molecule has 0 radical (unpaired) electrons. The van der Waals surface area contributed by atoms with Crippen LogP contribution in [0.25, 0.3) is 0 Å². The van der Waals surface area contributed by atoms with Crippen LogP contribution in [-0.4, -0.2) is 144 Å². The SMILES string of the molecule is CC(C)(C)OC(=O)N[C@@H](CC(=O)N1CCn2c(C(F)(F)F)nc(C(=O)O)c2C1)Cc1cc(F)c(F)cc1F.Cl.Cl.N[C@@H](CC(=O)N1CCn2c(C(F)(F)F)nc(C(=O)O)c2C1)Cc1cc(F)c(F)cc1F.N[C@@H](CC(=O)N1CCn2c(C(F)(F)F)nc(C(=O)O)c2C1)Cc1cc(F)c(F)cc1F. The third-order valence-corrected chi connectivity index (χ3v) is 15.2. The lowest BCUT2D eigenvalue weighted by molar-refractivity contribution is -0.149. The molecule has 3 aromatic heterocycles. The Kier molecular flexibility index (Phi) is 26.7. The number of amides is 4. The zero-order chi connectivity index (χ0) is 74.7. The summed E-state index contributed by atoms with van der Waals surface area (Å²) in [4.78, 5) is 97.3. The van der Waals surface area contributed by atoms with Crippen molar-refractivity contribution in [1.29, 1.82) is 0 Å². The van der Waals surface area contributed by atoms with Gasteiger partial charge in [-0.2, -0.15) is 39.5 Å². The first-order valence-electron chi connectivity index (χ1n) is 29.2. The number of aromatic nitrogens is 6. The van der Waals surface area contributed by atoms with Gasteiger partial charge in [-0.3, -0.25) is 14.4 Å². The Hall–Kier alpha value is -9.38. The number of benzene rings is 3. The number of nitrogens with two attached hydrogens (primary N) is 2. The number of aromatic carboxylic acids is 3. The van der Waals surface area contributed by atoms with Crippen molar-refractivity contribution in [2.45, 2.75) is 141 Å². The number of ether oxygens (including phenoxy) is 1. The lowest BCUT2D eigenvalue weighted by Crippen LogP contribution is -2.45. The van der Waals surface area contributed by atoms with Crippen LogP contribution < -0.4 is 16.8 Å². The van der Waals surface area contributed by atoms with Crippen molar-refractivity contribution in [3.05, 3.63) is 157 Å². The van der Waals surface area contributed by atoms with Crippen LogP contribution in [-0.2, 0) is 96.2 Å². The first-order valence-corrected chi connectivity index (χ1v) is 29.2. The molecule has 0 aliphatic carbocycles. The highest BCUT2D eigenvalue weighted by atomic mass is 35.5. The maximum atomic E-state index is 14.3. The molecule has 0 unspecified atom stereocenters. The van der Waals surface area contributed by atoms with Gasteiger partial charge in [0.2, 0.25) is 35.2 Å². The number of carbonyl (C=O) groups is 7. The highest BCUT2D eigenvalue weighted by molar-refractivity contribution is 5.89. The second-order valence-electron chi connectivity index (χ2n) is 23.7. The summed E-state index contributed by atoms with van der Waals surface area (Å²) in [5.41, 5.74) is 6.49. The number of hydrogen-bond acceptors (Lipinski definition) is 13. The average Bonchev–Trinajstić information content (AvgIpc) is 1.63. The van der Waals surface area contributed by atoms with E-state index in [1.165, 1.54) is 0 Å². The molecule has 0 saturated heterocycles. The summed E-state index contributed by atoms with van der Waals surface area (Å²) in [6.45, 7) is 1.67. The molecule has 8 N–H and O–H groups in total. The third kappa shape index (κ3) is 20.5. The molecule has 23 nitrogen and oxygen atoms in total. The summed E-state index contributed by atoms with van der Waals surface area (Å²) in [6, 6.07) is -0.323. The number of halogens is 20. The topological polar surface area (TPSA) is 317 Å². The van der Waals surface area contributed by atoms with Crippen molar-refractivity contribution in [3.63, 3.8) is 0 Å². The maximum Gasteiger partial charge on any atom is 0.449 e. The summed E-state index contributed by atoms with van der Waals surface area (Å²) in [6.07, 6.45) is -18.0. The van der Waals surface area contributed by atoms with Gasteiger partial charge in [0.25, 0.3) is 0 Å². The van der Waals surface area contributed by atoms with Crippen LogP contribution >= 0.6 is 24.8 Å². The van der Waals surface area contributed by atoms with Gasteiger partial charge in [-0.25, -0.2) is 73.6 Å². The number of carboxylic acid groups (broad SMARTS) is 3. The van der Waals surface area contributed by atoms with Gasteiger partial charge >= 0.3 is 42.5 Å². The molecule has 4 amide bonds. The van der Waals surface area contributed by atoms with Crippen molar-refractivity contribution >= 4 is 66.5 Å². The van der Waals surface area contributed by atoms with Crippen LogP contribution in [0.4, 0.5) is 83.8 Å². The number of nitrogens with one attached hydrogen (secondary N) is 1. The Balaban J connectivity index is 0.000000275. The van der Waals surface area contributed by atoms with Gasteiger partial charge in [-0.1, -0.05) is 0 Å². The van der Waals surface area contributed by atoms with Crippen LogP contribution in [0, 0.1) is 52.4 Å². The molecule has 3 atom stereocenters. The smallest absolute Gasteiger partial charge is 0.449 e. The number of rotatable bonds is 16. The van der Waals surface area contributed by atoms with Crippen LogP contribution in [0.15, 0.2) is 36.4 Å². The Morgan fingerprint density at radius 3 is 0.971 bits per heavy atom. The van der Waals surface area contributed by atoms with Crippen molar-refractivity contribution in [3.8, 4) is 0 Å². The van der Waals surface area contributed by atoms with E-state index in [1.54, 1.807) is 20.8 Å². The lowest BCUT2D eigenvalue weighted by Gasteiger charge is -2.31. The lowest BCUT2D eigenvalue weighted by atomic mass is 10.0. The van der Waals surface area contributed by atoms with Crippen molar-refractivity contribution in [2.24, 2.45) is 11.5 Å². The predicted molar refractivity (Wildman–Crippen MR) is 316 cm³/mol. The number of hydrogen-bond donors (Lipinski definition) is 6. The van der Waals surface area contributed by atoms with E-state index in [0.717, 1.165) is 14.7 Å². The molecular weight excluding hydrogens is 1470 g/mol. The van der Waals surface area contributed by atoms with Crippen LogP contribution in [0.1, 0.15) is 123 Å². The highest BCUT2D eigenvalue weighted by Gasteiger charge is 2.45.